The number of carbonyl (C=O) groups excluding carboxylic acids is 1. The number of rotatable bonds is 4. The van der Waals surface area contributed by atoms with Gasteiger partial charge in [0.05, 0.1) is 0 Å². The Labute approximate surface area is 90.5 Å². The largest absolute Gasteiger partial charge is 0.370 e. The number of hydrogen-bond donors (Lipinski definition) is 2. The van der Waals surface area contributed by atoms with E-state index in [-0.39, 0.29) is 18.4 Å². The van der Waals surface area contributed by atoms with Gasteiger partial charge >= 0.3 is 0 Å². The molecular weight excluding hydrogens is 188 g/mol. The molecule has 0 saturated heterocycles. The molecule has 0 unspecified atom stereocenters. The van der Waals surface area contributed by atoms with Crippen molar-refractivity contribution < 1.29 is 4.79 Å². The molecule has 0 aliphatic rings. The second kappa shape index (κ2) is 4.94. The Morgan fingerprint density at radius 2 is 1.67 bits per heavy atom. The maximum Gasteiger partial charge on any atom is 0.219 e. The van der Waals surface area contributed by atoms with Crippen LogP contribution in [0.5, 0.6) is 0 Å². The normalized spacial score (nSPS) is 12.8. The smallest absolute Gasteiger partial charge is 0.219 e. The van der Waals surface area contributed by atoms with Gasteiger partial charge in [-0.05, 0) is 17.0 Å². The lowest BCUT2D eigenvalue weighted by atomic mass is 9.98. The molecule has 0 bridgehead atoms. The molecule has 0 aliphatic carbocycles. The predicted molar refractivity (Wildman–Crippen MR) is 61.3 cm³/mol. The molecule has 0 radical (unpaired) electrons. The fourth-order valence-electron chi connectivity index (χ4n) is 1.46. The van der Waals surface area contributed by atoms with Crippen molar-refractivity contribution in [2.75, 3.05) is 0 Å². The summed E-state index contributed by atoms with van der Waals surface area (Å²) in [5.74, 6) is 0.141. The number of primary amides is 1. The average molecular weight is 206 g/mol. The van der Waals surface area contributed by atoms with Gasteiger partial charge in [-0.1, -0.05) is 38.1 Å². The summed E-state index contributed by atoms with van der Waals surface area (Å²) in [5, 5.41) is 0. The number of nitrogens with two attached hydrogens (primary N) is 2. The monoisotopic (exact) mass is 206 g/mol. The van der Waals surface area contributed by atoms with Crippen LogP contribution in [0.1, 0.15) is 43.4 Å². The summed E-state index contributed by atoms with van der Waals surface area (Å²) < 4.78 is 0. The molecule has 1 amide bonds. The van der Waals surface area contributed by atoms with Gasteiger partial charge in [0.1, 0.15) is 0 Å². The molecule has 1 atom stereocenters. The molecule has 0 heterocycles. The Kier molecular flexibility index (Phi) is 3.86. The summed E-state index contributed by atoms with van der Waals surface area (Å²) in [6, 6.07) is 7.72. The van der Waals surface area contributed by atoms with Gasteiger partial charge in [0.2, 0.25) is 5.91 Å². The molecule has 4 N–H and O–H groups in total. The number of hydrogen-bond acceptors (Lipinski definition) is 2. The van der Waals surface area contributed by atoms with Crippen molar-refractivity contribution >= 4 is 5.91 Å². The third-order valence-electron chi connectivity index (χ3n) is 2.45. The van der Waals surface area contributed by atoms with Crippen LogP contribution in [0.4, 0.5) is 0 Å². The summed E-state index contributed by atoms with van der Waals surface area (Å²) in [4.78, 5) is 10.7. The van der Waals surface area contributed by atoms with E-state index in [4.69, 9.17) is 11.5 Å². The molecule has 0 fully saturated rings. The SMILES string of the molecule is CC(C)c1ccc([C@H](N)CC(N)=O)cc1. The molecule has 1 aromatic carbocycles. The lowest BCUT2D eigenvalue weighted by Crippen LogP contribution is -2.20. The van der Waals surface area contributed by atoms with Gasteiger partial charge in [-0.3, -0.25) is 4.79 Å². The second-order valence-corrected chi connectivity index (χ2v) is 4.10. The van der Waals surface area contributed by atoms with Crippen molar-refractivity contribution in [3.63, 3.8) is 0 Å². The Morgan fingerprint density at radius 1 is 1.20 bits per heavy atom. The maximum atomic E-state index is 10.7. The third-order valence-corrected chi connectivity index (χ3v) is 2.45. The van der Waals surface area contributed by atoms with Gasteiger partial charge in [0.25, 0.3) is 0 Å². The molecule has 0 aliphatic heterocycles. The summed E-state index contributed by atoms with van der Waals surface area (Å²) >= 11 is 0. The number of benzene rings is 1. The molecule has 1 rings (SSSR count). The van der Waals surface area contributed by atoms with E-state index < -0.39 is 0 Å². The summed E-state index contributed by atoms with van der Waals surface area (Å²) in [6.07, 6.45) is 0.195. The number of carbonyl (C=O) groups is 1. The van der Waals surface area contributed by atoms with Crippen molar-refractivity contribution in [3.8, 4) is 0 Å². The van der Waals surface area contributed by atoms with E-state index in [0.29, 0.717) is 5.92 Å². The van der Waals surface area contributed by atoms with Crippen LogP contribution >= 0.6 is 0 Å². The van der Waals surface area contributed by atoms with Crippen molar-refractivity contribution in [2.24, 2.45) is 11.5 Å². The van der Waals surface area contributed by atoms with E-state index in [1.165, 1.54) is 5.56 Å². The summed E-state index contributed by atoms with van der Waals surface area (Å²) in [6.45, 7) is 4.27. The molecule has 15 heavy (non-hydrogen) atoms. The third kappa shape index (κ3) is 3.36. The van der Waals surface area contributed by atoms with Gasteiger partial charge in [-0.25, -0.2) is 0 Å². The highest BCUT2D eigenvalue weighted by Crippen LogP contribution is 2.18. The highest BCUT2D eigenvalue weighted by Gasteiger charge is 2.09. The van der Waals surface area contributed by atoms with Gasteiger partial charge in [-0.2, -0.15) is 0 Å². The highest BCUT2D eigenvalue weighted by atomic mass is 16.1. The van der Waals surface area contributed by atoms with Crippen LogP contribution < -0.4 is 11.5 Å². The lowest BCUT2D eigenvalue weighted by Gasteiger charge is -2.11. The van der Waals surface area contributed by atoms with Crippen LogP contribution in [-0.2, 0) is 4.79 Å². The molecule has 0 spiro atoms. The van der Waals surface area contributed by atoms with Crippen molar-refractivity contribution in [1.82, 2.24) is 0 Å². The highest BCUT2D eigenvalue weighted by molar-refractivity contribution is 5.74. The molecule has 82 valence electrons. The van der Waals surface area contributed by atoms with Gasteiger partial charge in [-0.15, -0.1) is 0 Å². The summed E-state index contributed by atoms with van der Waals surface area (Å²) in [7, 11) is 0. The Morgan fingerprint density at radius 3 is 2.07 bits per heavy atom. The minimum absolute atomic E-state index is 0.195. The minimum Gasteiger partial charge on any atom is -0.370 e. The molecule has 3 heteroatoms. The van der Waals surface area contributed by atoms with Crippen LogP contribution in [0.15, 0.2) is 24.3 Å². The standard InChI is InChI=1S/C12H18N2O/c1-8(2)9-3-5-10(6-4-9)11(13)7-12(14)15/h3-6,8,11H,7,13H2,1-2H3,(H2,14,15)/t11-/m1/s1. The van der Waals surface area contributed by atoms with E-state index in [2.05, 4.69) is 13.8 Å². The van der Waals surface area contributed by atoms with E-state index >= 15 is 0 Å². The predicted octanol–water partition coefficient (Wildman–Crippen LogP) is 1.69. The molecule has 0 saturated carbocycles. The zero-order chi connectivity index (χ0) is 11.4. The second-order valence-electron chi connectivity index (χ2n) is 4.10. The first-order valence-electron chi connectivity index (χ1n) is 5.14. The maximum absolute atomic E-state index is 10.7. The quantitative estimate of drug-likeness (QED) is 0.787. The molecule has 3 nitrogen and oxygen atoms in total. The van der Waals surface area contributed by atoms with E-state index in [9.17, 15) is 4.79 Å². The van der Waals surface area contributed by atoms with Gasteiger partial charge in [0.15, 0.2) is 0 Å². The van der Waals surface area contributed by atoms with Crippen LogP contribution in [0.25, 0.3) is 0 Å². The van der Waals surface area contributed by atoms with E-state index in [1.807, 2.05) is 24.3 Å². The van der Waals surface area contributed by atoms with Crippen molar-refractivity contribution in [1.29, 1.82) is 0 Å². The number of amides is 1. The Hall–Kier alpha value is -1.35. The molecule has 0 aromatic heterocycles. The fourth-order valence-corrected chi connectivity index (χ4v) is 1.46. The Balaban J connectivity index is 2.75. The van der Waals surface area contributed by atoms with Crippen LogP contribution in [0, 0.1) is 0 Å². The lowest BCUT2D eigenvalue weighted by molar-refractivity contribution is -0.118. The van der Waals surface area contributed by atoms with Gasteiger partial charge < -0.3 is 11.5 Å². The summed E-state index contributed by atoms with van der Waals surface area (Å²) in [5.41, 5.74) is 13.1. The van der Waals surface area contributed by atoms with Gasteiger partial charge in [0, 0.05) is 12.5 Å². The topological polar surface area (TPSA) is 69.1 Å². The fraction of sp³-hybridized carbons (Fsp3) is 0.417. The van der Waals surface area contributed by atoms with Crippen molar-refractivity contribution in [2.45, 2.75) is 32.2 Å². The molecule has 1 aromatic rings. The van der Waals surface area contributed by atoms with Crippen LogP contribution in [-0.4, -0.2) is 5.91 Å². The van der Waals surface area contributed by atoms with Crippen LogP contribution in [0.3, 0.4) is 0 Å². The van der Waals surface area contributed by atoms with E-state index in [1.54, 1.807) is 0 Å². The zero-order valence-corrected chi connectivity index (χ0v) is 9.23. The first kappa shape index (κ1) is 11.7. The van der Waals surface area contributed by atoms with E-state index in [0.717, 1.165) is 5.56 Å². The first-order chi connectivity index (χ1) is 7.00. The average Bonchev–Trinajstić information content (AvgIpc) is 2.17. The Bertz CT molecular complexity index is 330. The zero-order valence-electron chi connectivity index (χ0n) is 9.23. The van der Waals surface area contributed by atoms with Crippen LogP contribution in [0.2, 0.25) is 0 Å². The minimum atomic E-state index is -0.365. The first-order valence-corrected chi connectivity index (χ1v) is 5.14. The molecular formula is C12H18N2O. The van der Waals surface area contributed by atoms with Crippen molar-refractivity contribution in [3.05, 3.63) is 35.4 Å².